The lowest BCUT2D eigenvalue weighted by molar-refractivity contribution is 0.0979. The summed E-state index contributed by atoms with van der Waals surface area (Å²) >= 11 is 5.34. The van der Waals surface area contributed by atoms with Crippen LogP contribution in [0, 0.1) is 0 Å². The molecule has 156 valence electrons. The molecule has 0 radical (unpaired) electrons. The van der Waals surface area contributed by atoms with E-state index in [9.17, 15) is 4.79 Å². The van der Waals surface area contributed by atoms with Crippen LogP contribution in [0.15, 0.2) is 95.4 Å². The number of anilines is 1. The number of fused-ring (bicyclic) bond motifs is 2. The number of carbonyl (C=O) groups is 1. The molecule has 1 heterocycles. The van der Waals surface area contributed by atoms with Crippen molar-refractivity contribution in [3.05, 3.63) is 108 Å². The maximum atomic E-state index is 12.7. The first-order valence-corrected chi connectivity index (χ1v) is 10.6. The van der Waals surface area contributed by atoms with Crippen LogP contribution in [0.25, 0.3) is 21.9 Å². The van der Waals surface area contributed by atoms with E-state index in [0.29, 0.717) is 17.9 Å². The van der Waals surface area contributed by atoms with Gasteiger partial charge >= 0.3 is 0 Å². The van der Waals surface area contributed by atoms with Crippen molar-refractivity contribution in [1.29, 1.82) is 0 Å². The minimum atomic E-state index is -0.244. The van der Waals surface area contributed by atoms with E-state index in [2.05, 4.69) is 15.6 Å². The quantitative estimate of drug-likeness (QED) is 0.353. The van der Waals surface area contributed by atoms with Gasteiger partial charge in [-0.2, -0.15) is 0 Å². The Labute approximate surface area is 190 Å². The van der Waals surface area contributed by atoms with Crippen LogP contribution >= 0.6 is 12.2 Å². The summed E-state index contributed by atoms with van der Waals surface area (Å²) in [6, 6.07) is 28.9. The second kappa shape index (κ2) is 8.61. The van der Waals surface area contributed by atoms with E-state index in [-0.39, 0.29) is 11.0 Å². The third-order valence-corrected chi connectivity index (χ3v) is 5.37. The highest BCUT2D eigenvalue weighted by Crippen LogP contribution is 2.20. The van der Waals surface area contributed by atoms with Gasteiger partial charge in [0.25, 0.3) is 5.91 Å². The van der Waals surface area contributed by atoms with Crippen LogP contribution in [0.1, 0.15) is 21.8 Å². The molecule has 0 aliphatic heterocycles. The summed E-state index contributed by atoms with van der Waals surface area (Å²) in [6.45, 7) is 0. The molecule has 0 fully saturated rings. The normalized spacial score (nSPS) is 10.9. The Morgan fingerprint density at radius 2 is 1.62 bits per heavy atom. The first-order chi connectivity index (χ1) is 15.7. The van der Waals surface area contributed by atoms with Gasteiger partial charge in [-0.05, 0) is 58.9 Å². The maximum absolute atomic E-state index is 12.7. The number of nitrogens with one attached hydrogen (secondary N) is 2. The van der Waals surface area contributed by atoms with Gasteiger partial charge in [-0.1, -0.05) is 60.7 Å². The van der Waals surface area contributed by atoms with Gasteiger partial charge in [0.1, 0.15) is 5.52 Å². The van der Waals surface area contributed by atoms with E-state index in [1.54, 1.807) is 6.07 Å². The number of hydrogen-bond donors (Lipinski definition) is 2. The molecular weight excluding hydrogens is 418 g/mol. The van der Waals surface area contributed by atoms with Crippen molar-refractivity contribution in [3.63, 3.8) is 0 Å². The molecule has 4 aromatic carbocycles. The summed E-state index contributed by atoms with van der Waals surface area (Å²) in [5.41, 5.74) is 4.07. The number of nitrogens with zero attached hydrogens (tertiary/aromatic N) is 1. The average Bonchev–Trinajstić information content (AvgIpc) is 3.22. The van der Waals surface area contributed by atoms with Crippen molar-refractivity contribution < 1.29 is 9.21 Å². The Morgan fingerprint density at radius 1 is 0.875 bits per heavy atom. The minimum absolute atomic E-state index is 0.244. The summed E-state index contributed by atoms with van der Waals surface area (Å²) in [7, 11) is 0. The lowest BCUT2D eigenvalue weighted by atomic mass is 10.0. The van der Waals surface area contributed by atoms with E-state index in [0.717, 1.165) is 33.1 Å². The molecule has 0 saturated heterocycles. The van der Waals surface area contributed by atoms with Crippen molar-refractivity contribution in [3.8, 4) is 0 Å². The number of oxazole rings is 1. The molecule has 5 aromatic rings. The average molecular weight is 438 g/mol. The molecule has 5 nitrogen and oxygen atoms in total. The van der Waals surface area contributed by atoms with E-state index >= 15 is 0 Å². The number of para-hydroxylation sites is 2. The minimum Gasteiger partial charge on any atom is -0.440 e. The summed E-state index contributed by atoms with van der Waals surface area (Å²) in [5.74, 6) is 0.427. The SMILES string of the molecule is O=C(NC(=S)Nc1ccc(Cc2nc3ccccc3o2)cc1)c1cccc2ccccc12. The predicted molar refractivity (Wildman–Crippen MR) is 131 cm³/mol. The number of benzene rings is 4. The molecule has 0 spiro atoms. The van der Waals surface area contributed by atoms with Gasteiger partial charge in [0.2, 0.25) is 0 Å². The molecule has 1 aromatic heterocycles. The Bertz CT molecular complexity index is 1400. The molecule has 2 N–H and O–H groups in total. The van der Waals surface area contributed by atoms with Gasteiger partial charge in [0.15, 0.2) is 16.6 Å². The van der Waals surface area contributed by atoms with Gasteiger partial charge in [0, 0.05) is 17.7 Å². The standard InChI is InChI=1S/C26H19N3O2S/c30-25(21-9-5-7-18-6-1-2-8-20(18)21)29-26(32)27-19-14-12-17(13-15-19)16-24-28-22-10-3-4-11-23(22)31-24/h1-15H,16H2,(H2,27,29,30,32). The van der Waals surface area contributed by atoms with Crippen molar-refractivity contribution in [2.75, 3.05) is 5.32 Å². The van der Waals surface area contributed by atoms with Crippen LogP contribution in [0.5, 0.6) is 0 Å². The van der Waals surface area contributed by atoms with Gasteiger partial charge in [-0.25, -0.2) is 4.98 Å². The Morgan fingerprint density at radius 3 is 2.47 bits per heavy atom. The van der Waals surface area contributed by atoms with E-state index in [1.807, 2.05) is 84.9 Å². The molecule has 0 unspecified atom stereocenters. The number of aromatic nitrogens is 1. The fourth-order valence-electron chi connectivity index (χ4n) is 3.63. The summed E-state index contributed by atoms with van der Waals surface area (Å²) in [6.07, 6.45) is 0.594. The monoisotopic (exact) mass is 437 g/mol. The lowest BCUT2D eigenvalue weighted by Crippen LogP contribution is -2.34. The number of hydrogen-bond acceptors (Lipinski definition) is 4. The fraction of sp³-hybridized carbons (Fsp3) is 0.0385. The first-order valence-electron chi connectivity index (χ1n) is 10.2. The van der Waals surface area contributed by atoms with E-state index < -0.39 is 0 Å². The molecule has 1 amide bonds. The number of thiocarbonyl (C=S) groups is 1. The summed E-state index contributed by atoms with van der Waals surface area (Å²) in [5, 5.41) is 7.97. The topological polar surface area (TPSA) is 67.2 Å². The van der Waals surface area contributed by atoms with Crippen LogP contribution in [-0.2, 0) is 6.42 Å². The van der Waals surface area contributed by atoms with Gasteiger partial charge in [0.05, 0.1) is 0 Å². The first kappa shape index (κ1) is 19.9. The third-order valence-electron chi connectivity index (χ3n) is 5.17. The zero-order valence-corrected chi connectivity index (χ0v) is 17.9. The summed E-state index contributed by atoms with van der Waals surface area (Å²) < 4.78 is 5.79. The second-order valence-electron chi connectivity index (χ2n) is 7.38. The van der Waals surface area contributed by atoms with Crippen molar-refractivity contribution in [2.45, 2.75) is 6.42 Å². The molecule has 6 heteroatoms. The molecule has 32 heavy (non-hydrogen) atoms. The molecule has 0 atom stereocenters. The largest absolute Gasteiger partial charge is 0.440 e. The van der Waals surface area contributed by atoms with Crippen LogP contribution in [-0.4, -0.2) is 16.0 Å². The smallest absolute Gasteiger partial charge is 0.258 e. The van der Waals surface area contributed by atoms with Gasteiger partial charge in [-0.3, -0.25) is 10.1 Å². The van der Waals surface area contributed by atoms with Crippen molar-refractivity contribution in [2.24, 2.45) is 0 Å². The number of carbonyl (C=O) groups excluding carboxylic acids is 1. The molecule has 0 aliphatic carbocycles. The molecule has 0 bridgehead atoms. The highest BCUT2D eigenvalue weighted by molar-refractivity contribution is 7.80. The number of rotatable bonds is 4. The predicted octanol–water partition coefficient (Wildman–Crippen LogP) is 5.70. The van der Waals surface area contributed by atoms with Crippen LogP contribution in [0.3, 0.4) is 0 Å². The zero-order valence-electron chi connectivity index (χ0n) is 17.0. The van der Waals surface area contributed by atoms with Crippen LogP contribution in [0.4, 0.5) is 5.69 Å². The highest BCUT2D eigenvalue weighted by Gasteiger charge is 2.12. The molecule has 5 rings (SSSR count). The highest BCUT2D eigenvalue weighted by atomic mass is 32.1. The number of amides is 1. The van der Waals surface area contributed by atoms with Gasteiger partial charge in [-0.15, -0.1) is 0 Å². The Balaban J connectivity index is 1.23. The second-order valence-corrected chi connectivity index (χ2v) is 7.79. The fourth-order valence-corrected chi connectivity index (χ4v) is 3.84. The van der Waals surface area contributed by atoms with Crippen molar-refractivity contribution in [1.82, 2.24) is 10.3 Å². The molecule has 0 aliphatic rings. The maximum Gasteiger partial charge on any atom is 0.258 e. The van der Waals surface area contributed by atoms with Crippen LogP contribution in [0.2, 0.25) is 0 Å². The molecule has 0 saturated carbocycles. The van der Waals surface area contributed by atoms with Crippen LogP contribution < -0.4 is 10.6 Å². The molecular formula is C26H19N3O2S. The van der Waals surface area contributed by atoms with E-state index in [1.165, 1.54) is 0 Å². The lowest BCUT2D eigenvalue weighted by Gasteiger charge is -2.11. The Kier molecular flexibility index (Phi) is 5.35. The van der Waals surface area contributed by atoms with E-state index in [4.69, 9.17) is 16.6 Å². The van der Waals surface area contributed by atoms with Gasteiger partial charge < -0.3 is 9.73 Å². The zero-order chi connectivity index (χ0) is 21.9. The summed E-state index contributed by atoms with van der Waals surface area (Å²) in [4.78, 5) is 17.2. The third kappa shape index (κ3) is 4.22. The van der Waals surface area contributed by atoms with Crippen molar-refractivity contribution >= 4 is 50.8 Å². The Hall–Kier alpha value is -4.03.